The summed E-state index contributed by atoms with van der Waals surface area (Å²) in [5.74, 6) is 0.275. The van der Waals surface area contributed by atoms with E-state index in [-0.39, 0.29) is 34.7 Å². The standard InChI is InChI=1S/C24H33N9O3/c25-22-19(34)4-1-16(28-22)13-31-7-9-32(14-17-2-5-20(35)23(26)29-17)11-12-33(10-8-31)15-18-3-6-21(36)24(27)30-18/h1-6,34-36H,7-15H2,(H2,25,28)(H2,26,29)(H2,27,30). The van der Waals surface area contributed by atoms with Crippen molar-refractivity contribution < 1.29 is 15.3 Å². The second-order valence-electron chi connectivity index (χ2n) is 8.95. The third-order valence-electron chi connectivity index (χ3n) is 6.23. The molecule has 0 bridgehead atoms. The van der Waals surface area contributed by atoms with Gasteiger partial charge in [0.1, 0.15) is 0 Å². The summed E-state index contributed by atoms with van der Waals surface area (Å²) in [4.78, 5) is 19.8. The maximum absolute atomic E-state index is 9.72. The van der Waals surface area contributed by atoms with E-state index in [2.05, 4.69) is 29.7 Å². The van der Waals surface area contributed by atoms with Gasteiger partial charge in [-0.2, -0.15) is 0 Å². The van der Waals surface area contributed by atoms with Crippen molar-refractivity contribution in [3.05, 3.63) is 53.5 Å². The fourth-order valence-electron chi connectivity index (χ4n) is 4.14. The molecule has 0 radical (unpaired) electrons. The van der Waals surface area contributed by atoms with Crippen LogP contribution in [0.3, 0.4) is 0 Å². The van der Waals surface area contributed by atoms with Crippen LogP contribution < -0.4 is 17.2 Å². The molecule has 4 rings (SSSR count). The Morgan fingerprint density at radius 3 is 0.972 bits per heavy atom. The molecule has 12 heteroatoms. The third kappa shape index (κ3) is 6.62. The van der Waals surface area contributed by atoms with E-state index in [1.807, 2.05) is 0 Å². The smallest absolute Gasteiger partial charge is 0.166 e. The minimum absolute atomic E-state index is 0.0260. The van der Waals surface area contributed by atoms with Crippen LogP contribution in [0.15, 0.2) is 36.4 Å². The number of aromatic hydroxyl groups is 3. The average molecular weight is 496 g/mol. The van der Waals surface area contributed by atoms with E-state index < -0.39 is 0 Å². The minimum atomic E-state index is -0.0260. The van der Waals surface area contributed by atoms with Gasteiger partial charge in [0.15, 0.2) is 34.7 Å². The number of anilines is 3. The highest BCUT2D eigenvalue weighted by atomic mass is 16.3. The summed E-state index contributed by atoms with van der Waals surface area (Å²) in [6, 6.07) is 10.0. The lowest BCUT2D eigenvalue weighted by Gasteiger charge is -2.25. The van der Waals surface area contributed by atoms with Gasteiger partial charge >= 0.3 is 0 Å². The molecule has 9 N–H and O–H groups in total. The number of pyridine rings is 3. The quantitative estimate of drug-likeness (QED) is 0.279. The number of rotatable bonds is 6. The lowest BCUT2D eigenvalue weighted by molar-refractivity contribution is 0.207. The molecule has 1 fully saturated rings. The first-order valence-electron chi connectivity index (χ1n) is 11.8. The van der Waals surface area contributed by atoms with Gasteiger partial charge in [0.05, 0.1) is 17.1 Å². The number of hydrogen-bond donors (Lipinski definition) is 6. The molecule has 0 aliphatic carbocycles. The van der Waals surface area contributed by atoms with Crippen LogP contribution in [0, 0.1) is 0 Å². The van der Waals surface area contributed by atoms with E-state index in [1.165, 1.54) is 0 Å². The van der Waals surface area contributed by atoms with Gasteiger partial charge in [0.25, 0.3) is 0 Å². The summed E-state index contributed by atoms with van der Waals surface area (Å²) in [5, 5.41) is 29.1. The van der Waals surface area contributed by atoms with Gasteiger partial charge in [-0.3, -0.25) is 14.7 Å². The average Bonchev–Trinajstić information content (AvgIpc) is 2.93. The molecule has 1 aliphatic heterocycles. The molecule has 36 heavy (non-hydrogen) atoms. The number of aromatic nitrogens is 3. The summed E-state index contributed by atoms with van der Waals surface area (Å²) in [6.07, 6.45) is 0. The van der Waals surface area contributed by atoms with Crippen molar-refractivity contribution in [1.29, 1.82) is 0 Å². The van der Waals surface area contributed by atoms with Crippen LogP contribution in [0.2, 0.25) is 0 Å². The van der Waals surface area contributed by atoms with Gasteiger partial charge in [-0.25, -0.2) is 15.0 Å². The number of nitrogens with two attached hydrogens (primary N) is 3. The van der Waals surface area contributed by atoms with Gasteiger partial charge in [-0.05, 0) is 36.4 Å². The fourth-order valence-corrected chi connectivity index (χ4v) is 4.14. The molecule has 1 aliphatic rings. The van der Waals surface area contributed by atoms with Crippen LogP contribution in [0.25, 0.3) is 0 Å². The van der Waals surface area contributed by atoms with Crippen LogP contribution in [-0.2, 0) is 19.6 Å². The maximum Gasteiger partial charge on any atom is 0.166 e. The fraction of sp³-hybridized carbons (Fsp3) is 0.375. The Balaban J connectivity index is 1.50. The summed E-state index contributed by atoms with van der Waals surface area (Å²) >= 11 is 0. The number of nitrogen functional groups attached to an aromatic ring is 3. The highest BCUT2D eigenvalue weighted by Crippen LogP contribution is 2.20. The summed E-state index contributed by atoms with van der Waals surface area (Å²) in [5.41, 5.74) is 19.7. The van der Waals surface area contributed by atoms with Gasteiger partial charge in [-0.15, -0.1) is 0 Å². The highest BCUT2D eigenvalue weighted by molar-refractivity contribution is 5.46. The van der Waals surface area contributed by atoms with Crippen molar-refractivity contribution in [3.63, 3.8) is 0 Å². The Morgan fingerprint density at radius 2 is 0.750 bits per heavy atom. The van der Waals surface area contributed by atoms with Crippen molar-refractivity contribution in [3.8, 4) is 17.2 Å². The molecule has 0 unspecified atom stereocenters. The zero-order chi connectivity index (χ0) is 25.7. The molecule has 4 heterocycles. The molecule has 12 nitrogen and oxygen atoms in total. The van der Waals surface area contributed by atoms with E-state index in [1.54, 1.807) is 36.4 Å². The van der Waals surface area contributed by atoms with Crippen LogP contribution in [0.5, 0.6) is 17.2 Å². The van der Waals surface area contributed by atoms with Gasteiger partial charge in [-0.1, -0.05) is 0 Å². The Hall–Kier alpha value is -3.87. The SMILES string of the molecule is Nc1nc(CN2CCN(Cc3ccc(O)c(N)n3)CCN(Cc3ccc(O)c(N)n3)CC2)ccc1O. The predicted molar refractivity (Wildman–Crippen MR) is 137 cm³/mol. The van der Waals surface area contributed by atoms with E-state index in [0.717, 1.165) is 56.4 Å². The second kappa shape index (κ2) is 11.2. The molecule has 0 atom stereocenters. The molecular formula is C24H33N9O3. The first-order chi connectivity index (χ1) is 17.3. The van der Waals surface area contributed by atoms with Gasteiger partial charge in [0.2, 0.25) is 0 Å². The number of hydrogen-bond acceptors (Lipinski definition) is 12. The van der Waals surface area contributed by atoms with Crippen molar-refractivity contribution >= 4 is 17.5 Å². The molecular weight excluding hydrogens is 462 g/mol. The molecule has 0 aromatic carbocycles. The largest absolute Gasteiger partial charge is 0.504 e. The second-order valence-corrected chi connectivity index (χ2v) is 8.95. The molecule has 1 saturated heterocycles. The predicted octanol–water partition coefficient (Wildman–Crippen LogP) is 0.555. The van der Waals surface area contributed by atoms with Crippen molar-refractivity contribution in [2.45, 2.75) is 19.6 Å². The van der Waals surface area contributed by atoms with E-state index in [9.17, 15) is 15.3 Å². The third-order valence-corrected chi connectivity index (χ3v) is 6.23. The summed E-state index contributed by atoms with van der Waals surface area (Å²) in [6.45, 7) is 6.47. The highest BCUT2D eigenvalue weighted by Gasteiger charge is 2.19. The van der Waals surface area contributed by atoms with E-state index in [4.69, 9.17) is 17.2 Å². The molecule has 0 spiro atoms. The van der Waals surface area contributed by atoms with Gasteiger partial charge in [0, 0.05) is 58.9 Å². The lowest BCUT2D eigenvalue weighted by Crippen LogP contribution is -2.35. The first kappa shape index (κ1) is 25.2. The molecule has 192 valence electrons. The Labute approximate surface area is 209 Å². The molecule has 0 saturated carbocycles. The van der Waals surface area contributed by atoms with Crippen LogP contribution in [-0.4, -0.2) is 84.2 Å². The van der Waals surface area contributed by atoms with E-state index >= 15 is 0 Å². The Bertz CT molecular complexity index is 1040. The van der Waals surface area contributed by atoms with Gasteiger partial charge < -0.3 is 32.5 Å². The van der Waals surface area contributed by atoms with Crippen LogP contribution in [0.4, 0.5) is 17.5 Å². The van der Waals surface area contributed by atoms with Crippen molar-refractivity contribution in [2.75, 3.05) is 56.5 Å². The van der Waals surface area contributed by atoms with Crippen molar-refractivity contribution in [1.82, 2.24) is 29.7 Å². The molecule has 3 aromatic rings. The Kier molecular flexibility index (Phi) is 7.88. The molecule has 0 amide bonds. The molecule has 3 aromatic heterocycles. The zero-order valence-corrected chi connectivity index (χ0v) is 20.1. The van der Waals surface area contributed by atoms with Crippen LogP contribution in [0.1, 0.15) is 17.1 Å². The maximum atomic E-state index is 9.72. The monoisotopic (exact) mass is 495 g/mol. The van der Waals surface area contributed by atoms with Crippen LogP contribution >= 0.6 is 0 Å². The summed E-state index contributed by atoms with van der Waals surface area (Å²) in [7, 11) is 0. The van der Waals surface area contributed by atoms with E-state index in [0.29, 0.717) is 19.6 Å². The Morgan fingerprint density at radius 1 is 0.500 bits per heavy atom. The summed E-state index contributed by atoms with van der Waals surface area (Å²) < 4.78 is 0. The number of nitrogens with zero attached hydrogens (tertiary/aromatic N) is 6. The lowest BCUT2D eigenvalue weighted by atomic mass is 10.3. The van der Waals surface area contributed by atoms with Crippen molar-refractivity contribution in [2.24, 2.45) is 0 Å². The zero-order valence-electron chi connectivity index (χ0n) is 20.1. The topological polar surface area (TPSA) is 187 Å². The normalized spacial score (nSPS) is 16.3. The minimum Gasteiger partial charge on any atom is -0.504 e. The first-order valence-corrected chi connectivity index (χ1v) is 11.8.